The highest BCUT2D eigenvalue weighted by molar-refractivity contribution is 5.93. The molecular formula is C25H41N9O7. The molecule has 0 aliphatic carbocycles. The molecule has 0 fully saturated rings. The van der Waals surface area contributed by atoms with E-state index < -0.39 is 60.8 Å². The summed E-state index contributed by atoms with van der Waals surface area (Å²) >= 11 is 0. The lowest BCUT2D eigenvalue weighted by Gasteiger charge is -2.22. The van der Waals surface area contributed by atoms with Gasteiger partial charge in [0.15, 0.2) is 5.96 Å². The Morgan fingerprint density at radius 2 is 1.46 bits per heavy atom. The van der Waals surface area contributed by atoms with E-state index >= 15 is 0 Å². The Kier molecular flexibility index (Phi) is 15.8. The van der Waals surface area contributed by atoms with Crippen molar-refractivity contribution >= 4 is 35.6 Å². The fraction of sp³-hybridized carbons (Fsp3) is 0.520. The van der Waals surface area contributed by atoms with Gasteiger partial charge in [0.25, 0.3) is 0 Å². The predicted octanol–water partition coefficient (Wildman–Crippen LogP) is -3.06. The molecule has 0 spiro atoms. The van der Waals surface area contributed by atoms with Gasteiger partial charge in [-0.15, -0.1) is 0 Å². The zero-order valence-corrected chi connectivity index (χ0v) is 22.8. The van der Waals surface area contributed by atoms with Crippen LogP contribution in [0, 0.1) is 5.41 Å². The van der Waals surface area contributed by atoms with Gasteiger partial charge in [-0.2, -0.15) is 0 Å². The fourth-order valence-electron chi connectivity index (χ4n) is 3.58. The number of amides is 4. The minimum atomic E-state index is -1.23. The molecule has 0 radical (unpaired) electrons. The van der Waals surface area contributed by atoms with E-state index in [1.54, 1.807) is 12.1 Å². The summed E-state index contributed by atoms with van der Waals surface area (Å²) in [5.74, 6) is -4.12. The number of carboxylic acid groups (broad SMARTS) is 1. The minimum Gasteiger partial charge on any atom is -0.508 e. The van der Waals surface area contributed by atoms with Crippen molar-refractivity contribution in [3.05, 3.63) is 29.8 Å². The van der Waals surface area contributed by atoms with Gasteiger partial charge in [0.05, 0.1) is 19.1 Å². The van der Waals surface area contributed by atoms with Crippen molar-refractivity contribution in [1.82, 2.24) is 26.6 Å². The third-order valence-corrected chi connectivity index (χ3v) is 5.80. The molecule has 0 aliphatic heterocycles. The number of hydrogen-bond acceptors (Lipinski definition) is 9. The number of guanidine groups is 1. The van der Waals surface area contributed by atoms with Gasteiger partial charge in [-0.1, -0.05) is 12.1 Å². The van der Waals surface area contributed by atoms with Crippen molar-refractivity contribution in [3.63, 3.8) is 0 Å². The van der Waals surface area contributed by atoms with Crippen LogP contribution in [-0.2, 0) is 30.4 Å². The molecule has 4 amide bonds. The molecule has 228 valence electrons. The van der Waals surface area contributed by atoms with Crippen LogP contribution in [0.2, 0.25) is 0 Å². The number of phenolic OH excluding ortho intramolecular Hbond substituents is 1. The second kappa shape index (κ2) is 18.8. The third kappa shape index (κ3) is 15.1. The van der Waals surface area contributed by atoms with E-state index in [9.17, 15) is 34.2 Å². The molecule has 0 saturated heterocycles. The summed E-state index contributed by atoms with van der Waals surface area (Å²) in [6, 6.07) is 2.91. The smallest absolute Gasteiger partial charge is 0.326 e. The fourth-order valence-corrected chi connectivity index (χ4v) is 3.58. The van der Waals surface area contributed by atoms with Crippen LogP contribution < -0.4 is 43.8 Å². The lowest BCUT2D eigenvalue weighted by Crippen LogP contribution is -2.53. The van der Waals surface area contributed by atoms with Crippen LogP contribution in [0.3, 0.4) is 0 Å². The Labute approximate surface area is 237 Å². The first-order chi connectivity index (χ1) is 19.4. The maximum absolute atomic E-state index is 12.8. The standard InChI is InChI=1S/C25H41N9O7/c26-10-2-1-4-19(24(40)41)34-23(39)18(5-3-11-30-25(28)29)33-21(37)14-31-20(36)13-32-22(38)17(27)12-15-6-8-16(35)9-7-15/h6-9,17-19,35H,1-5,10-14,26-27H2,(H,31,36)(H,32,38)(H,33,37)(H,34,39)(H,40,41)(H4,28,29,30). The summed E-state index contributed by atoms with van der Waals surface area (Å²) in [6.07, 6.45) is 1.81. The largest absolute Gasteiger partial charge is 0.508 e. The average molecular weight is 580 g/mol. The maximum Gasteiger partial charge on any atom is 0.326 e. The SMILES string of the molecule is N=C(N)NCCCC(NC(=O)CNC(=O)CNC(=O)C(N)Cc1ccc(O)cc1)C(=O)NC(CCCCN)C(=O)O. The molecule has 14 N–H and O–H groups in total. The molecule has 0 aromatic heterocycles. The third-order valence-electron chi connectivity index (χ3n) is 5.80. The molecule has 0 aliphatic rings. The highest BCUT2D eigenvalue weighted by atomic mass is 16.4. The number of aromatic hydroxyl groups is 1. The van der Waals surface area contributed by atoms with Crippen LogP contribution in [0.5, 0.6) is 5.75 Å². The van der Waals surface area contributed by atoms with Gasteiger partial charge in [-0.3, -0.25) is 24.6 Å². The number of unbranched alkanes of at least 4 members (excludes halogenated alkanes) is 1. The molecule has 41 heavy (non-hydrogen) atoms. The number of carboxylic acids is 1. The monoisotopic (exact) mass is 579 g/mol. The van der Waals surface area contributed by atoms with E-state index in [1.165, 1.54) is 12.1 Å². The maximum atomic E-state index is 12.8. The Bertz CT molecular complexity index is 1040. The Morgan fingerprint density at radius 3 is 2.07 bits per heavy atom. The number of hydrogen-bond donors (Lipinski definition) is 11. The van der Waals surface area contributed by atoms with Gasteiger partial charge >= 0.3 is 5.97 Å². The second-order valence-corrected chi connectivity index (χ2v) is 9.26. The minimum absolute atomic E-state index is 0.0761. The molecule has 1 aromatic carbocycles. The van der Waals surface area contributed by atoms with Crippen LogP contribution in [0.15, 0.2) is 24.3 Å². The highest BCUT2D eigenvalue weighted by Crippen LogP contribution is 2.11. The van der Waals surface area contributed by atoms with Gasteiger partial charge in [0.2, 0.25) is 23.6 Å². The number of phenols is 1. The van der Waals surface area contributed by atoms with Crippen molar-refractivity contribution < 1.29 is 34.2 Å². The molecular weight excluding hydrogens is 538 g/mol. The van der Waals surface area contributed by atoms with Gasteiger partial charge in [0, 0.05) is 6.54 Å². The molecule has 0 heterocycles. The van der Waals surface area contributed by atoms with Crippen molar-refractivity contribution in [1.29, 1.82) is 5.41 Å². The van der Waals surface area contributed by atoms with Crippen LogP contribution >= 0.6 is 0 Å². The lowest BCUT2D eigenvalue weighted by molar-refractivity contribution is -0.142. The molecule has 3 unspecified atom stereocenters. The number of rotatable bonds is 19. The summed E-state index contributed by atoms with van der Waals surface area (Å²) < 4.78 is 0. The first kappa shape index (κ1) is 34.6. The summed E-state index contributed by atoms with van der Waals surface area (Å²) in [4.78, 5) is 61.2. The number of aliphatic carboxylic acids is 1. The van der Waals surface area contributed by atoms with Crippen molar-refractivity contribution in [2.24, 2.45) is 17.2 Å². The highest BCUT2D eigenvalue weighted by Gasteiger charge is 2.26. The molecule has 3 atom stereocenters. The number of carbonyl (C=O) groups is 5. The van der Waals surface area contributed by atoms with Crippen molar-refractivity contribution in [3.8, 4) is 5.75 Å². The van der Waals surface area contributed by atoms with E-state index in [0.29, 0.717) is 31.4 Å². The van der Waals surface area contributed by atoms with E-state index in [-0.39, 0.29) is 37.5 Å². The number of nitrogens with two attached hydrogens (primary N) is 3. The van der Waals surface area contributed by atoms with Gasteiger partial charge in [0.1, 0.15) is 17.8 Å². The number of carbonyl (C=O) groups excluding carboxylic acids is 4. The Morgan fingerprint density at radius 1 is 0.829 bits per heavy atom. The normalized spacial score (nSPS) is 12.7. The summed E-state index contributed by atoms with van der Waals surface area (Å²) in [5, 5.41) is 38.1. The van der Waals surface area contributed by atoms with Gasteiger partial charge in [-0.05, 0) is 62.8 Å². The summed E-state index contributed by atoms with van der Waals surface area (Å²) in [5.41, 5.74) is 17.3. The predicted molar refractivity (Wildman–Crippen MR) is 149 cm³/mol. The van der Waals surface area contributed by atoms with Gasteiger partial charge < -0.3 is 54.0 Å². The molecule has 16 nitrogen and oxygen atoms in total. The van der Waals surface area contributed by atoms with E-state index in [2.05, 4.69) is 26.6 Å². The number of benzene rings is 1. The molecule has 0 bridgehead atoms. The first-order valence-electron chi connectivity index (χ1n) is 13.1. The Balaban J connectivity index is 2.60. The van der Waals surface area contributed by atoms with Crippen LogP contribution in [0.4, 0.5) is 0 Å². The lowest BCUT2D eigenvalue weighted by atomic mass is 10.1. The van der Waals surface area contributed by atoms with Crippen molar-refractivity contribution in [2.75, 3.05) is 26.2 Å². The van der Waals surface area contributed by atoms with Gasteiger partial charge in [-0.25, -0.2) is 4.79 Å². The summed E-state index contributed by atoms with van der Waals surface area (Å²) in [7, 11) is 0. The van der Waals surface area contributed by atoms with Crippen LogP contribution in [-0.4, -0.2) is 90.1 Å². The van der Waals surface area contributed by atoms with E-state index in [4.69, 9.17) is 22.6 Å². The van der Waals surface area contributed by atoms with Crippen LogP contribution in [0.1, 0.15) is 37.7 Å². The average Bonchev–Trinajstić information content (AvgIpc) is 2.92. The number of nitrogens with one attached hydrogen (secondary N) is 6. The first-order valence-corrected chi connectivity index (χ1v) is 13.1. The van der Waals surface area contributed by atoms with Crippen LogP contribution in [0.25, 0.3) is 0 Å². The quantitative estimate of drug-likeness (QED) is 0.0444. The molecule has 1 rings (SSSR count). The molecule has 1 aromatic rings. The second-order valence-electron chi connectivity index (χ2n) is 9.26. The van der Waals surface area contributed by atoms with E-state index in [0.717, 1.165) is 0 Å². The molecule has 16 heteroatoms. The zero-order valence-electron chi connectivity index (χ0n) is 22.8. The summed E-state index contributed by atoms with van der Waals surface area (Å²) in [6.45, 7) is -0.342. The van der Waals surface area contributed by atoms with Crippen molar-refractivity contribution in [2.45, 2.75) is 56.7 Å². The van der Waals surface area contributed by atoms with E-state index in [1.807, 2.05) is 0 Å². The topological polar surface area (TPSA) is 288 Å². The molecule has 0 saturated carbocycles. The Hall–Kier alpha value is -4.44. The zero-order chi connectivity index (χ0) is 30.8.